The van der Waals surface area contributed by atoms with Gasteiger partial charge in [-0.2, -0.15) is 0 Å². The number of rotatable bonds is 4. The first-order valence-corrected chi connectivity index (χ1v) is 8.31. The van der Waals surface area contributed by atoms with Gasteiger partial charge in [-0.05, 0) is 33.6 Å². The van der Waals surface area contributed by atoms with E-state index in [4.69, 9.17) is 4.74 Å². The van der Waals surface area contributed by atoms with Crippen molar-refractivity contribution in [2.75, 3.05) is 13.1 Å². The number of hydrogen-bond acceptors (Lipinski definition) is 4. The average molecular weight is 395 g/mol. The van der Waals surface area contributed by atoms with Crippen LogP contribution in [-0.4, -0.2) is 40.1 Å². The van der Waals surface area contributed by atoms with Crippen molar-refractivity contribution < 1.29 is 13.9 Å². The summed E-state index contributed by atoms with van der Waals surface area (Å²) in [7, 11) is 0. The predicted octanol–water partition coefficient (Wildman–Crippen LogP) is 2.74. The summed E-state index contributed by atoms with van der Waals surface area (Å²) >= 11 is 3.26. The topological polar surface area (TPSA) is 67.4 Å². The van der Waals surface area contributed by atoms with E-state index in [9.17, 15) is 9.18 Å². The lowest BCUT2D eigenvalue weighted by Gasteiger charge is -2.17. The van der Waals surface area contributed by atoms with Crippen molar-refractivity contribution in [2.45, 2.75) is 19.1 Å². The molecule has 0 saturated carbocycles. The van der Waals surface area contributed by atoms with Crippen LogP contribution >= 0.6 is 15.9 Å². The molecular formula is C16H16BrFN4O2. The molecule has 0 spiro atoms. The fraction of sp³-hybridized carbons (Fsp3) is 0.312. The second-order valence-corrected chi connectivity index (χ2v) is 6.36. The zero-order valence-corrected chi connectivity index (χ0v) is 14.4. The number of benzene rings is 1. The van der Waals surface area contributed by atoms with Crippen molar-refractivity contribution in [1.29, 1.82) is 0 Å². The monoisotopic (exact) mass is 394 g/mol. The minimum absolute atomic E-state index is 0.122. The van der Waals surface area contributed by atoms with E-state index in [1.54, 1.807) is 29.4 Å². The Morgan fingerprint density at radius 3 is 2.75 bits per heavy atom. The molecule has 3 rings (SSSR count). The SMILES string of the molecule is O=C(NCc1ccc(F)cc1)N1CCC(Oc2ncc(Br)cn2)C1. The highest BCUT2D eigenvalue weighted by atomic mass is 79.9. The molecule has 0 aliphatic carbocycles. The molecule has 1 atom stereocenters. The van der Waals surface area contributed by atoms with Crippen LogP contribution in [-0.2, 0) is 6.54 Å². The van der Waals surface area contributed by atoms with Gasteiger partial charge in [0.15, 0.2) is 0 Å². The maximum absolute atomic E-state index is 12.9. The molecule has 2 amide bonds. The lowest BCUT2D eigenvalue weighted by atomic mass is 10.2. The average Bonchev–Trinajstić information content (AvgIpc) is 3.05. The fourth-order valence-corrected chi connectivity index (χ4v) is 2.62. The second kappa shape index (κ2) is 7.57. The van der Waals surface area contributed by atoms with Gasteiger partial charge >= 0.3 is 12.0 Å². The van der Waals surface area contributed by atoms with Gasteiger partial charge in [-0.25, -0.2) is 19.2 Å². The molecule has 0 radical (unpaired) electrons. The normalized spacial score (nSPS) is 16.9. The number of carbonyl (C=O) groups is 1. The summed E-state index contributed by atoms with van der Waals surface area (Å²) in [6, 6.07) is 6.19. The summed E-state index contributed by atoms with van der Waals surface area (Å²) in [5, 5.41) is 2.82. The van der Waals surface area contributed by atoms with Crippen LogP contribution in [0.25, 0.3) is 0 Å². The predicted molar refractivity (Wildman–Crippen MR) is 89.0 cm³/mol. The molecule has 1 aromatic heterocycles. The molecule has 0 bridgehead atoms. The van der Waals surface area contributed by atoms with Crippen molar-refractivity contribution >= 4 is 22.0 Å². The van der Waals surface area contributed by atoms with Gasteiger partial charge in [-0.15, -0.1) is 0 Å². The third-order valence-corrected chi connectivity index (χ3v) is 4.07. The van der Waals surface area contributed by atoms with Gasteiger partial charge in [0.05, 0.1) is 11.0 Å². The number of urea groups is 1. The molecule has 126 valence electrons. The Kier molecular flexibility index (Phi) is 5.24. The van der Waals surface area contributed by atoms with Crippen LogP contribution in [0.5, 0.6) is 6.01 Å². The minimum atomic E-state index is -0.292. The van der Waals surface area contributed by atoms with E-state index in [1.807, 2.05) is 0 Å². The first-order valence-electron chi connectivity index (χ1n) is 7.51. The second-order valence-electron chi connectivity index (χ2n) is 5.44. The summed E-state index contributed by atoms with van der Waals surface area (Å²) in [5.41, 5.74) is 0.847. The van der Waals surface area contributed by atoms with Gasteiger partial charge in [0.1, 0.15) is 11.9 Å². The van der Waals surface area contributed by atoms with E-state index in [0.29, 0.717) is 25.6 Å². The smallest absolute Gasteiger partial charge is 0.317 e. The molecule has 2 heterocycles. The highest BCUT2D eigenvalue weighted by Gasteiger charge is 2.28. The maximum atomic E-state index is 12.9. The third-order valence-electron chi connectivity index (χ3n) is 3.66. The summed E-state index contributed by atoms with van der Waals surface area (Å²) in [6.07, 6.45) is 3.83. The van der Waals surface area contributed by atoms with E-state index in [0.717, 1.165) is 16.5 Å². The highest BCUT2D eigenvalue weighted by molar-refractivity contribution is 9.10. The van der Waals surface area contributed by atoms with Gasteiger partial charge in [0.25, 0.3) is 0 Å². The number of amides is 2. The first-order chi connectivity index (χ1) is 11.6. The Morgan fingerprint density at radius 1 is 1.33 bits per heavy atom. The minimum Gasteiger partial charge on any atom is -0.458 e. The van der Waals surface area contributed by atoms with Crippen molar-refractivity contribution in [3.63, 3.8) is 0 Å². The summed E-state index contributed by atoms with van der Waals surface area (Å²) in [5.74, 6) is -0.292. The van der Waals surface area contributed by atoms with E-state index < -0.39 is 0 Å². The molecule has 1 aromatic carbocycles. The van der Waals surface area contributed by atoms with Gasteiger partial charge in [0.2, 0.25) is 0 Å². The van der Waals surface area contributed by atoms with Crippen LogP contribution in [0.4, 0.5) is 9.18 Å². The number of ether oxygens (including phenoxy) is 1. The summed E-state index contributed by atoms with van der Waals surface area (Å²) < 4.78 is 19.3. The van der Waals surface area contributed by atoms with Gasteiger partial charge in [-0.3, -0.25) is 0 Å². The summed E-state index contributed by atoms with van der Waals surface area (Å²) in [6.45, 7) is 1.45. The Labute approximate surface area is 147 Å². The number of nitrogens with one attached hydrogen (secondary N) is 1. The Hall–Kier alpha value is -2.22. The van der Waals surface area contributed by atoms with Crippen molar-refractivity contribution in [1.82, 2.24) is 20.2 Å². The number of halogens is 2. The zero-order chi connectivity index (χ0) is 16.9. The van der Waals surface area contributed by atoms with Crippen molar-refractivity contribution in [2.24, 2.45) is 0 Å². The van der Waals surface area contributed by atoms with Gasteiger partial charge < -0.3 is 15.0 Å². The number of likely N-dealkylation sites (tertiary alicyclic amines) is 1. The largest absolute Gasteiger partial charge is 0.458 e. The lowest BCUT2D eigenvalue weighted by molar-refractivity contribution is 0.178. The van der Waals surface area contributed by atoms with Crippen molar-refractivity contribution in [3.8, 4) is 6.01 Å². The van der Waals surface area contributed by atoms with Crippen LogP contribution in [0.2, 0.25) is 0 Å². The molecule has 1 unspecified atom stereocenters. The Balaban J connectivity index is 1.46. The van der Waals surface area contributed by atoms with Crippen molar-refractivity contribution in [3.05, 3.63) is 52.5 Å². The Bertz CT molecular complexity index is 696. The van der Waals surface area contributed by atoms with Crippen LogP contribution < -0.4 is 10.1 Å². The molecule has 1 saturated heterocycles. The highest BCUT2D eigenvalue weighted by Crippen LogP contribution is 2.16. The Morgan fingerprint density at radius 2 is 2.04 bits per heavy atom. The summed E-state index contributed by atoms with van der Waals surface area (Å²) in [4.78, 5) is 22.0. The van der Waals surface area contributed by atoms with E-state index in [1.165, 1.54) is 12.1 Å². The standard InChI is InChI=1S/C16H16BrFN4O2/c17-12-8-19-15(20-9-12)24-14-5-6-22(10-14)16(23)21-7-11-1-3-13(18)4-2-11/h1-4,8-9,14H,5-7,10H2,(H,21,23). The molecular weight excluding hydrogens is 379 g/mol. The maximum Gasteiger partial charge on any atom is 0.317 e. The van der Waals surface area contributed by atoms with E-state index >= 15 is 0 Å². The quantitative estimate of drug-likeness (QED) is 0.865. The molecule has 24 heavy (non-hydrogen) atoms. The van der Waals surface area contributed by atoms with E-state index in [2.05, 4.69) is 31.2 Å². The number of carbonyl (C=O) groups excluding carboxylic acids is 1. The molecule has 1 N–H and O–H groups in total. The van der Waals surface area contributed by atoms with Gasteiger partial charge in [-0.1, -0.05) is 12.1 Å². The van der Waals surface area contributed by atoms with Crippen LogP contribution in [0, 0.1) is 5.82 Å². The van der Waals surface area contributed by atoms with Crippen LogP contribution in [0.15, 0.2) is 41.1 Å². The van der Waals surface area contributed by atoms with Crippen LogP contribution in [0.1, 0.15) is 12.0 Å². The molecule has 1 fully saturated rings. The number of aromatic nitrogens is 2. The molecule has 1 aliphatic heterocycles. The zero-order valence-electron chi connectivity index (χ0n) is 12.8. The lowest BCUT2D eigenvalue weighted by Crippen LogP contribution is -2.39. The van der Waals surface area contributed by atoms with E-state index in [-0.39, 0.29) is 18.0 Å². The first kappa shape index (κ1) is 16.6. The number of hydrogen-bond donors (Lipinski definition) is 1. The van der Waals surface area contributed by atoms with Crippen LogP contribution in [0.3, 0.4) is 0 Å². The van der Waals surface area contributed by atoms with Gasteiger partial charge in [0, 0.05) is 31.9 Å². The molecule has 8 heteroatoms. The number of nitrogens with zero attached hydrogens (tertiary/aromatic N) is 3. The molecule has 2 aromatic rings. The third kappa shape index (κ3) is 4.41. The molecule has 1 aliphatic rings. The molecule has 6 nitrogen and oxygen atoms in total. The fourth-order valence-electron chi connectivity index (χ4n) is 2.41.